The normalized spacial score (nSPS) is 19.9. The molecule has 0 saturated carbocycles. The monoisotopic (exact) mass is 132 g/mol. The average Bonchev–Trinajstić information content (AvgIpc) is 1.88. The Balaban J connectivity index is 2.67. The first kappa shape index (κ1) is 7.07. The maximum absolute atomic E-state index is 3.81. The van der Waals surface area contributed by atoms with Crippen molar-refractivity contribution in [2.75, 3.05) is 0 Å². The molecule has 0 aromatic rings. The molecule has 0 aliphatic heterocycles. The van der Waals surface area contributed by atoms with Gasteiger partial charge in [0, 0.05) is 0 Å². The molecule has 1 rings (SSSR count). The molecule has 0 heterocycles. The molecule has 0 saturated heterocycles. The molecule has 0 amide bonds. The van der Waals surface area contributed by atoms with E-state index >= 15 is 0 Å². The molecule has 0 fully saturated rings. The second-order valence-electron chi connectivity index (χ2n) is 2.56. The van der Waals surface area contributed by atoms with Gasteiger partial charge in [-0.1, -0.05) is 42.5 Å². The van der Waals surface area contributed by atoms with Crippen molar-refractivity contribution in [3.63, 3.8) is 0 Å². The van der Waals surface area contributed by atoms with Crippen LogP contribution in [0, 0.1) is 0 Å². The molecule has 1 aliphatic carbocycles. The Morgan fingerprint density at radius 2 is 2.40 bits per heavy atom. The van der Waals surface area contributed by atoms with Gasteiger partial charge in [0.2, 0.25) is 0 Å². The van der Waals surface area contributed by atoms with Crippen LogP contribution in [0.25, 0.3) is 0 Å². The van der Waals surface area contributed by atoms with Gasteiger partial charge in [-0.2, -0.15) is 0 Å². The Bertz CT molecular complexity index is 214. The number of allylic oxidation sites excluding steroid dienone is 7. The van der Waals surface area contributed by atoms with Crippen LogP contribution < -0.4 is 0 Å². The molecular weight excluding hydrogens is 120 g/mol. The molecule has 0 N–H and O–H groups in total. The van der Waals surface area contributed by atoms with Crippen molar-refractivity contribution in [2.45, 2.75) is 13.3 Å². The fourth-order valence-corrected chi connectivity index (χ4v) is 0.953. The van der Waals surface area contributed by atoms with E-state index < -0.39 is 0 Å². The van der Waals surface area contributed by atoms with Gasteiger partial charge >= 0.3 is 0 Å². The highest BCUT2D eigenvalue weighted by atomic mass is 14.0. The van der Waals surface area contributed by atoms with E-state index in [1.807, 2.05) is 6.92 Å². The van der Waals surface area contributed by atoms with E-state index in [2.05, 4.69) is 37.0 Å². The van der Waals surface area contributed by atoms with Crippen molar-refractivity contribution in [2.24, 2.45) is 0 Å². The molecule has 0 atom stereocenters. The van der Waals surface area contributed by atoms with E-state index in [4.69, 9.17) is 0 Å². The first-order valence-electron chi connectivity index (χ1n) is 3.48. The third-order valence-corrected chi connectivity index (χ3v) is 1.34. The minimum Gasteiger partial charge on any atom is -0.0961 e. The Morgan fingerprint density at radius 1 is 1.60 bits per heavy atom. The van der Waals surface area contributed by atoms with Crippen molar-refractivity contribution in [1.29, 1.82) is 0 Å². The summed E-state index contributed by atoms with van der Waals surface area (Å²) in [5.74, 6) is 0. The van der Waals surface area contributed by atoms with Gasteiger partial charge in [0.05, 0.1) is 0 Å². The van der Waals surface area contributed by atoms with Crippen LogP contribution in [0.1, 0.15) is 13.3 Å². The molecule has 10 heavy (non-hydrogen) atoms. The molecule has 0 spiro atoms. The molecule has 0 heteroatoms. The van der Waals surface area contributed by atoms with Gasteiger partial charge in [0.15, 0.2) is 0 Å². The summed E-state index contributed by atoms with van der Waals surface area (Å²) in [4.78, 5) is 0. The fraction of sp³-hybridized carbons (Fsp3) is 0.200. The Labute approximate surface area is 62.3 Å². The van der Waals surface area contributed by atoms with Crippen LogP contribution in [0.4, 0.5) is 0 Å². The molecule has 0 aromatic heterocycles. The first-order valence-corrected chi connectivity index (χ1v) is 3.48. The van der Waals surface area contributed by atoms with Gasteiger partial charge < -0.3 is 0 Å². The second kappa shape index (κ2) is 3.21. The summed E-state index contributed by atoms with van der Waals surface area (Å²) in [7, 11) is 0. The Kier molecular flexibility index (Phi) is 2.27. The highest BCUT2D eigenvalue weighted by Gasteiger charge is 1.91. The lowest BCUT2D eigenvalue weighted by atomic mass is 10.1. The molecule has 0 bridgehead atoms. The third-order valence-electron chi connectivity index (χ3n) is 1.34. The minimum absolute atomic E-state index is 1.04. The van der Waals surface area contributed by atoms with Crippen molar-refractivity contribution in [1.82, 2.24) is 0 Å². The summed E-state index contributed by atoms with van der Waals surface area (Å²) >= 11 is 0. The van der Waals surface area contributed by atoms with Crippen molar-refractivity contribution in [3.8, 4) is 0 Å². The highest BCUT2D eigenvalue weighted by molar-refractivity contribution is 5.34. The van der Waals surface area contributed by atoms with Crippen molar-refractivity contribution >= 4 is 0 Å². The van der Waals surface area contributed by atoms with E-state index in [1.54, 1.807) is 0 Å². The van der Waals surface area contributed by atoms with Crippen LogP contribution in [-0.4, -0.2) is 0 Å². The van der Waals surface area contributed by atoms with Crippen molar-refractivity contribution in [3.05, 3.63) is 48.1 Å². The first-order chi connectivity index (χ1) is 4.79. The molecule has 1 aliphatic rings. The zero-order chi connectivity index (χ0) is 7.40. The zero-order valence-electron chi connectivity index (χ0n) is 6.30. The fourth-order valence-electron chi connectivity index (χ4n) is 0.953. The van der Waals surface area contributed by atoms with E-state index in [9.17, 15) is 0 Å². The number of rotatable bonds is 1. The van der Waals surface area contributed by atoms with Crippen molar-refractivity contribution < 1.29 is 0 Å². The lowest BCUT2D eigenvalue weighted by Gasteiger charge is -2.00. The Morgan fingerprint density at radius 3 is 2.90 bits per heavy atom. The standard InChI is InChI=1S/C10H12/c1-9(2)8-10-6-4-3-5-7-10/h3-6,8H,1,7H2,2H3/b10-8-. The third kappa shape index (κ3) is 2.06. The van der Waals surface area contributed by atoms with E-state index in [-0.39, 0.29) is 0 Å². The summed E-state index contributed by atoms with van der Waals surface area (Å²) in [6.45, 7) is 5.83. The van der Waals surface area contributed by atoms with Crippen LogP contribution in [-0.2, 0) is 0 Å². The minimum atomic E-state index is 1.04. The topological polar surface area (TPSA) is 0 Å². The van der Waals surface area contributed by atoms with Gasteiger partial charge in [0.1, 0.15) is 0 Å². The molecule has 0 unspecified atom stereocenters. The maximum Gasteiger partial charge on any atom is -0.00942 e. The number of hydrogen-bond acceptors (Lipinski definition) is 0. The average molecular weight is 132 g/mol. The van der Waals surface area contributed by atoms with E-state index in [1.165, 1.54) is 5.57 Å². The summed E-state index contributed by atoms with van der Waals surface area (Å²) in [6, 6.07) is 0. The molecule has 0 nitrogen and oxygen atoms in total. The maximum atomic E-state index is 3.81. The molecule has 0 aromatic carbocycles. The lowest BCUT2D eigenvalue weighted by molar-refractivity contribution is 1.25. The molecular formula is C10H12. The van der Waals surface area contributed by atoms with Crippen LogP contribution >= 0.6 is 0 Å². The van der Waals surface area contributed by atoms with Gasteiger partial charge in [-0.25, -0.2) is 0 Å². The van der Waals surface area contributed by atoms with Crippen LogP contribution in [0.15, 0.2) is 48.1 Å². The van der Waals surface area contributed by atoms with Gasteiger partial charge in [-0.05, 0) is 18.9 Å². The summed E-state index contributed by atoms with van der Waals surface area (Å²) in [6.07, 6.45) is 11.5. The smallest absolute Gasteiger partial charge is 0.00942 e. The van der Waals surface area contributed by atoms with Crippen LogP contribution in [0.5, 0.6) is 0 Å². The number of hydrogen-bond donors (Lipinski definition) is 0. The predicted molar refractivity (Wildman–Crippen MR) is 45.8 cm³/mol. The van der Waals surface area contributed by atoms with Crippen LogP contribution in [0.3, 0.4) is 0 Å². The largest absolute Gasteiger partial charge is 0.0961 e. The predicted octanol–water partition coefficient (Wildman–Crippen LogP) is 3.01. The summed E-state index contributed by atoms with van der Waals surface area (Å²) in [5.41, 5.74) is 2.46. The molecule has 52 valence electrons. The quantitative estimate of drug-likeness (QED) is 0.514. The van der Waals surface area contributed by atoms with Gasteiger partial charge in [-0.15, -0.1) is 0 Å². The summed E-state index contributed by atoms with van der Waals surface area (Å²) < 4.78 is 0. The Hall–Kier alpha value is -1.04. The van der Waals surface area contributed by atoms with Crippen LogP contribution in [0.2, 0.25) is 0 Å². The lowest BCUT2D eigenvalue weighted by Crippen LogP contribution is -1.80. The van der Waals surface area contributed by atoms with Gasteiger partial charge in [0.25, 0.3) is 0 Å². The highest BCUT2D eigenvalue weighted by Crippen LogP contribution is 2.11. The molecule has 0 radical (unpaired) electrons. The summed E-state index contributed by atoms with van der Waals surface area (Å²) in [5, 5.41) is 0. The van der Waals surface area contributed by atoms with Gasteiger partial charge in [-0.3, -0.25) is 0 Å². The zero-order valence-corrected chi connectivity index (χ0v) is 6.30. The second-order valence-corrected chi connectivity index (χ2v) is 2.56. The SMILES string of the molecule is C=C(C)/C=C1/C=CC=CC1. The van der Waals surface area contributed by atoms with E-state index in [0.717, 1.165) is 12.0 Å². The van der Waals surface area contributed by atoms with E-state index in [0.29, 0.717) is 0 Å².